The zero-order chi connectivity index (χ0) is 22.5. The van der Waals surface area contributed by atoms with Crippen LogP contribution in [0, 0.1) is 13.8 Å². The van der Waals surface area contributed by atoms with E-state index >= 15 is 0 Å². The van der Waals surface area contributed by atoms with Gasteiger partial charge in [-0.3, -0.25) is 13.8 Å². The second-order valence-corrected chi connectivity index (χ2v) is 9.78. The molecule has 31 heavy (non-hydrogen) atoms. The molecule has 0 aliphatic rings. The zero-order valence-corrected chi connectivity index (χ0v) is 18.8. The highest BCUT2D eigenvalue weighted by Gasteiger charge is 2.23. The molecule has 2 aromatic heterocycles. The molecule has 0 atom stereocenters. The highest BCUT2D eigenvalue weighted by Crippen LogP contribution is 2.28. The Hall–Kier alpha value is -3.24. The second kappa shape index (κ2) is 7.47. The Morgan fingerprint density at radius 1 is 1.03 bits per heavy atom. The summed E-state index contributed by atoms with van der Waals surface area (Å²) in [5.41, 5.74) is 2.27. The predicted octanol–water partition coefficient (Wildman–Crippen LogP) is 2.03. The van der Waals surface area contributed by atoms with E-state index < -0.39 is 10.0 Å². The van der Waals surface area contributed by atoms with Gasteiger partial charge in [-0.15, -0.1) is 10.2 Å². The minimum atomic E-state index is -3.70. The molecule has 0 bridgehead atoms. The first-order chi connectivity index (χ1) is 14.6. The molecule has 2 aromatic carbocycles. The molecule has 0 N–H and O–H groups in total. The number of fused-ring (bicyclic) bond motifs is 3. The Bertz CT molecular complexity index is 1490. The fourth-order valence-electron chi connectivity index (χ4n) is 3.43. The fourth-order valence-corrected chi connectivity index (χ4v) is 4.54. The number of hydrogen-bond acceptors (Lipinski definition) is 6. The van der Waals surface area contributed by atoms with Crippen LogP contribution in [0.2, 0.25) is 0 Å². The normalized spacial score (nSPS) is 12.2. The van der Waals surface area contributed by atoms with Gasteiger partial charge in [-0.05, 0) is 43.7 Å². The second-order valence-electron chi connectivity index (χ2n) is 7.66. The van der Waals surface area contributed by atoms with Gasteiger partial charge in [-0.1, -0.05) is 17.7 Å². The smallest absolute Gasteiger partial charge is 0.262 e. The molecule has 0 saturated carbocycles. The Kier molecular flexibility index (Phi) is 5.06. The van der Waals surface area contributed by atoms with Gasteiger partial charge in [0.2, 0.25) is 15.8 Å². The van der Waals surface area contributed by atoms with E-state index in [-0.39, 0.29) is 22.8 Å². The van der Waals surface area contributed by atoms with E-state index in [1.54, 1.807) is 29.6 Å². The number of nitrogens with zero attached hydrogens (tertiary/aromatic N) is 5. The first-order valence-corrected chi connectivity index (χ1v) is 11.0. The molecule has 0 unspecified atom stereocenters. The Labute approximate surface area is 179 Å². The molecule has 4 aromatic rings. The summed E-state index contributed by atoms with van der Waals surface area (Å²) in [4.78, 5) is 12.8. The minimum absolute atomic E-state index is 0.0264. The minimum Gasteiger partial charge on any atom is -0.484 e. The monoisotopic (exact) mass is 441 g/mol. The van der Waals surface area contributed by atoms with Crippen LogP contribution in [0.1, 0.15) is 17.0 Å². The van der Waals surface area contributed by atoms with E-state index in [1.807, 2.05) is 32.0 Å². The molecule has 2 heterocycles. The third-order valence-corrected chi connectivity index (χ3v) is 6.99. The highest BCUT2D eigenvalue weighted by molar-refractivity contribution is 7.89. The van der Waals surface area contributed by atoms with Crippen LogP contribution in [0.25, 0.3) is 16.7 Å². The highest BCUT2D eigenvalue weighted by atomic mass is 32.2. The summed E-state index contributed by atoms with van der Waals surface area (Å²) in [7, 11) is 0.893. The molecule has 10 heteroatoms. The van der Waals surface area contributed by atoms with Crippen molar-refractivity contribution in [2.75, 3.05) is 14.1 Å². The van der Waals surface area contributed by atoms with Crippen molar-refractivity contribution in [3.05, 3.63) is 63.7 Å². The van der Waals surface area contributed by atoms with E-state index in [0.29, 0.717) is 22.5 Å². The lowest BCUT2D eigenvalue weighted by atomic mass is 10.1. The van der Waals surface area contributed by atoms with E-state index in [4.69, 9.17) is 4.74 Å². The van der Waals surface area contributed by atoms with Crippen molar-refractivity contribution >= 4 is 26.7 Å². The lowest BCUT2D eigenvalue weighted by molar-refractivity contribution is 0.286. The summed E-state index contributed by atoms with van der Waals surface area (Å²) in [5.74, 6) is 1.05. The Morgan fingerprint density at radius 3 is 2.42 bits per heavy atom. The predicted molar refractivity (Wildman–Crippen MR) is 117 cm³/mol. The van der Waals surface area contributed by atoms with Crippen molar-refractivity contribution in [2.24, 2.45) is 7.05 Å². The van der Waals surface area contributed by atoms with Crippen LogP contribution < -0.4 is 10.3 Å². The number of hydrogen-bond donors (Lipinski definition) is 0. The fraction of sp³-hybridized carbons (Fsp3) is 0.286. The lowest BCUT2D eigenvalue weighted by Gasteiger charge is -2.16. The summed E-state index contributed by atoms with van der Waals surface area (Å²) < 4.78 is 35.7. The first-order valence-electron chi connectivity index (χ1n) is 9.60. The summed E-state index contributed by atoms with van der Waals surface area (Å²) in [5, 5.41) is 8.89. The van der Waals surface area contributed by atoms with Gasteiger partial charge in [0.1, 0.15) is 17.3 Å². The molecular weight excluding hydrogens is 418 g/mol. The maximum absolute atomic E-state index is 12.7. The number of aryl methyl sites for hydroxylation is 3. The zero-order valence-electron chi connectivity index (χ0n) is 17.9. The van der Waals surface area contributed by atoms with E-state index in [2.05, 4.69) is 10.2 Å². The van der Waals surface area contributed by atoms with Crippen LogP contribution in [-0.2, 0) is 23.7 Å². The summed E-state index contributed by atoms with van der Waals surface area (Å²) in [6, 6.07) is 10.6. The molecule has 4 rings (SSSR count). The number of ether oxygens (including phenoxy) is 1. The number of sulfonamides is 1. The van der Waals surface area contributed by atoms with Crippen molar-refractivity contribution in [3.63, 3.8) is 0 Å². The third kappa shape index (κ3) is 3.47. The van der Waals surface area contributed by atoms with Crippen LogP contribution in [0.3, 0.4) is 0 Å². The van der Waals surface area contributed by atoms with Crippen LogP contribution in [0.5, 0.6) is 5.75 Å². The van der Waals surface area contributed by atoms with Crippen LogP contribution in [0.15, 0.2) is 46.1 Å². The Morgan fingerprint density at radius 2 is 1.71 bits per heavy atom. The first kappa shape index (κ1) is 21.0. The van der Waals surface area contributed by atoms with Crippen LogP contribution in [-0.4, -0.2) is 46.0 Å². The Balaban J connectivity index is 1.82. The average molecular weight is 442 g/mol. The molecule has 0 aliphatic heterocycles. The molecule has 0 amide bonds. The van der Waals surface area contributed by atoms with Crippen LogP contribution >= 0.6 is 0 Å². The van der Waals surface area contributed by atoms with Gasteiger partial charge >= 0.3 is 0 Å². The molecule has 9 nitrogen and oxygen atoms in total. The van der Waals surface area contributed by atoms with Gasteiger partial charge in [-0.2, -0.15) is 0 Å². The number of aromatic nitrogens is 4. The standard InChI is InChI=1S/C21H23N5O4S/c1-13-6-8-16-15(10-13)20(27)25(5)21-23-22-19(26(16)21)12-30-17-9-7-14(2)11-18(17)31(28,29)24(3)4/h6-11H,12H2,1-5H3. The van der Waals surface area contributed by atoms with Crippen molar-refractivity contribution in [2.45, 2.75) is 25.3 Å². The molecule has 0 aliphatic carbocycles. The van der Waals surface area contributed by atoms with Crippen molar-refractivity contribution in [1.29, 1.82) is 0 Å². The summed E-state index contributed by atoms with van der Waals surface area (Å²) >= 11 is 0. The molecule has 0 radical (unpaired) electrons. The van der Waals surface area contributed by atoms with Gasteiger partial charge in [0.05, 0.1) is 10.9 Å². The average Bonchev–Trinajstić information content (AvgIpc) is 3.15. The third-order valence-electron chi connectivity index (χ3n) is 5.16. The molecule has 0 fully saturated rings. The van der Waals surface area contributed by atoms with Gasteiger partial charge < -0.3 is 4.74 Å². The van der Waals surface area contributed by atoms with Crippen LogP contribution in [0.4, 0.5) is 0 Å². The lowest BCUT2D eigenvalue weighted by Crippen LogP contribution is -2.23. The number of rotatable bonds is 5. The van der Waals surface area contributed by atoms with Gasteiger partial charge in [-0.25, -0.2) is 12.7 Å². The van der Waals surface area contributed by atoms with E-state index in [1.165, 1.54) is 18.7 Å². The topological polar surface area (TPSA) is 98.8 Å². The molecular formula is C21H23N5O4S. The quantitative estimate of drug-likeness (QED) is 0.470. The maximum atomic E-state index is 12.7. The van der Waals surface area contributed by atoms with Gasteiger partial charge in [0.25, 0.3) is 5.56 Å². The number of benzene rings is 2. The SMILES string of the molecule is Cc1ccc(OCc2nnc3n(C)c(=O)c4cc(C)ccc4n23)c(S(=O)(=O)N(C)C)c1. The van der Waals surface area contributed by atoms with Crippen molar-refractivity contribution in [3.8, 4) is 5.75 Å². The van der Waals surface area contributed by atoms with Crippen molar-refractivity contribution < 1.29 is 13.2 Å². The van der Waals surface area contributed by atoms with Gasteiger partial charge in [0, 0.05) is 21.1 Å². The molecule has 0 spiro atoms. The van der Waals surface area contributed by atoms with Gasteiger partial charge in [0.15, 0.2) is 5.82 Å². The van der Waals surface area contributed by atoms with E-state index in [0.717, 1.165) is 15.4 Å². The van der Waals surface area contributed by atoms with E-state index in [9.17, 15) is 13.2 Å². The maximum Gasteiger partial charge on any atom is 0.262 e. The largest absolute Gasteiger partial charge is 0.484 e. The molecule has 162 valence electrons. The summed E-state index contributed by atoms with van der Waals surface area (Å²) in [6.07, 6.45) is 0. The summed E-state index contributed by atoms with van der Waals surface area (Å²) in [6.45, 7) is 3.71. The van der Waals surface area contributed by atoms with Crippen molar-refractivity contribution in [1.82, 2.24) is 23.5 Å². The molecule has 0 saturated heterocycles.